The van der Waals surface area contributed by atoms with Gasteiger partial charge in [0.05, 0.1) is 7.11 Å². The van der Waals surface area contributed by atoms with Gasteiger partial charge in [0.2, 0.25) is 0 Å². The maximum Gasteiger partial charge on any atom is 0.303 e. The smallest absolute Gasteiger partial charge is 0.303 e. The Balaban J connectivity index is 2.11. The lowest BCUT2D eigenvalue weighted by Gasteiger charge is -2.28. The molecule has 1 atom stereocenters. The summed E-state index contributed by atoms with van der Waals surface area (Å²) in [7, 11) is 1.70. The van der Waals surface area contributed by atoms with Crippen LogP contribution in [0.4, 0.5) is 0 Å². The summed E-state index contributed by atoms with van der Waals surface area (Å²) >= 11 is 0. The zero-order valence-corrected chi connectivity index (χ0v) is 17.6. The molecule has 154 valence electrons. The molecule has 1 rings (SSSR count). The van der Waals surface area contributed by atoms with Gasteiger partial charge >= 0.3 is 5.97 Å². The van der Waals surface area contributed by atoms with Crippen molar-refractivity contribution in [3.8, 4) is 5.75 Å². The minimum Gasteiger partial charge on any atom is -0.497 e. The van der Waals surface area contributed by atoms with E-state index < -0.39 is 5.97 Å². The largest absolute Gasteiger partial charge is 0.497 e. The van der Waals surface area contributed by atoms with Crippen LogP contribution >= 0.6 is 0 Å². The number of ether oxygens (including phenoxy) is 1. The van der Waals surface area contributed by atoms with E-state index in [2.05, 4.69) is 30.9 Å². The Morgan fingerprint density at radius 3 is 2.07 bits per heavy atom. The normalized spacial score (nSPS) is 12.3. The monoisotopic (exact) mass is 377 g/mol. The Labute approximate surface area is 165 Å². The van der Waals surface area contributed by atoms with Crippen molar-refractivity contribution >= 4 is 5.97 Å². The predicted octanol–water partition coefficient (Wildman–Crippen LogP) is 5.54. The van der Waals surface area contributed by atoms with Crippen molar-refractivity contribution in [2.24, 2.45) is 0 Å². The lowest BCUT2D eigenvalue weighted by atomic mass is 10.0. The third kappa shape index (κ3) is 11.0. The molecule has 0 aliphatic carbocycles. The van der Waals surface area contributed by atoms with Crippen LogP contribution in [0.15, 0.2) is 24.3 Å². The number of hydrogen-bond donors (Lipinski definition) is 1. The molecular formula is C23H39NO3. The molecule has 1 unspecified atom stereocenters. The molecule has 4 heteroatoms. The summed E-state index contributed by atoms with van der Waals surface area (Å²) in [4.78, 5) is 13.0. The van der Waals surface area contributed by atoms with Gasteiger partial charge < -0.3 is 14.7 Å². The second-order valence-corrected chi connectivity index (χ2v) is 7.50. The van der Waals surface area contributed by atoms with E-state index in [1.165, 1.54) is 50.6 Å². The Morgan fingerprint density at radius 1 is 1.00 bits per heavy atom. The zero-order chi connectivity index (χ0) is 19.9. The van der Waals surface area contributed by atoms with Gasteiger partial charge in [-0.3, -0.25) is 4.79 Å². The second-order valence-electron chi connectivity index (χ2n) is 7.50. The lowest BCUT2D eigenvalue weighted by Crippen LogP contribution is -2.35. The van der Waals surface area contributed by atoms with Gasteiger partial charge in [-0.2, -0.15) is 0 Å². The minimum atomic E-state index is -0.670. The molecule has 27 heavy (non-hydrogen) atoms. The number of methoxy groups -OCH3 is 1. The SMILES string of the molecule is CCN(CCCCCCCCCCC(=O)O)C(C)Cc1ccc(OC)cc1. The molecule has 0 bridgehead atoms. The van der Waals surface area contributed by atoms with Gasteiger partial charge in [0.15, 0.2) is 0 Å². The summed E-state index contributed by atoms with van der Waals surface area (Å²) in [5.74, 6) is 0.248. The van der Waals surface area contributed by atoms with Crippen LogP contribution in [0.1, 0.15) is 77.2 Å². The van der Waals surface area contributed by atoms with Crippen LogP contribution in [0.25, 0.3) is 0 Å². The maximum absolute atomic E-state index is 10.5. The van der Waals surface area contributed by atoms with Crippen LogP contribution in [-0.2, 0) is 11.2 Å². The van der Waals surface area contributed by atoms with E-state index in [0.29, 0.717) is 12.5 Å². The molecule has 0 heterocycles. The molecule has 0 spiro atoms. The highest BCUT2D eigenvalue weighted by atomic mass is 16.5. The van der Waals surface area contributed by atoms with Crippen LogP contribution in [0, 0.1) is 0 Å². The predicted molar refractivity (Wildman–Crippen MR) is 113 cm³/mol. The van der Waals surface area contributed by atoms with Gasteiger partial charge in [0.1, 0.15) is 5.75 Å². The molecule has 1 aromatic rings. The summed E-state index contributed by atoms with van der Waals surface area (Å²) in [6.07, 6.45) is 10.8. The maximum atomic E-state index is 10.5. The number of likely N-dealkylation sites (N-methyl/N-ethyl adjacent to an activating group) is 1. The fourth-order valence-corrected chi connectivity index (χ4v) is 3.57. The molecule has 0 radical (unpaired) electrons. The van der Waals surface area contributed by atoms with E-state index in [1.807, 2.05) is 12.1 Å². The summed E-state index contributed by atoms with van der Waals surface area (Å²) in [6, 6.07) is 8.97. The van der Waals surface area contributed by atoms with Gasteiger partial charge in [-0.25, -0.2) is 0 Å². The number of nitrogens with zero attached hydrogens (tertiary/aromatic N) is 1. The van der Waals surface area contributed by atoms with Crippen molar-refractivity contribution in [1.82, 2.24) is 4.90 Å². The van der Waals surface area contributed by atoms with Crippen molar-refractivity contribution < 1.29 is 14.6 Å². The Bertz CT molecular complexity index is 501. The average molecular weight is 378 g/mol. The number of carboxylic acid groups (broad SMARTS) is 1. The van der Waals surface area contributed by atoms with E-state index in [0.717, 1.165) is 31.6 Å². The molecule has 1 N–H and O–H groups in total. The van der Waals surface area contributed by atoms with Crippen molar-refractivity contribution in [2.45, 2.75) is 84.1 Å². The third-order valence-corrected chi connectivity index (χ3v) is 5.31. The van der Waals surface area contributed by atoms with Crippen molar-refractivity contribution in [2.75, 3.05) is 20.2 Å². The number of carboxylic acids is 1. The summed E-state index contributed by atoms with van der Waals surface area (Å²) in [5, 5.41) is 8.61. The molecule has 4 nitrogen and oxygen atoms in total. The van der Waals surface area contributed by atoms with Gasteiger partial charge in [-0.05, 0) is 57.0 Å². The van der Waals surface area contributed by atoms with E-state index in [-0.39, 0.29) is 0 Å². The highest BCUT2D eigenvalue weighted by Gasteiger charge is 2.12. The Hall–Kier alpha value is -1.55. The fourth-order valence-electron chi connectivity index (χ4n) is 3.57. The number of benzene rings is 1. The standard InChI is InChI=1S/C23H39NO3/c1-4-24(20(2)19-21-14-16-22(27-3)17-15-21)18-12-10-8-6-5-7-9-11-13-23(25)26/h14-17,20H,4-13,18-19H2,1-3H3,(H,25,26). The van der Waals surface area contributed by atoms with Gasteiger partial charge in [-0.1, -0.05) is 57.6 Å². The Kier molecular flexibility index (Phi) is 12.6. The van der Waals surface area contributed by atoms with Crippen LogP contribution in [-0.4, -0.2) is 42.2 Å². The summed E-state index contributed by atoms with van der Waals surface area (Å²) in [6.45, 7) is 6.85. The van der Waals surface area contributed by atoms with Gasteiger partial charge in [-0.15, -0.1) is 0 Å². The highest BCUT2D eigenvalue weighted by Crippen LogP contribution is 2.15. The van der Waals surface area contributed by atoms with Crippen molar-refractivity contribution in [3.63, 3.8) is 0 Å². The number of carbonyl (C=O) groups is 1. The molecule has 0 aliphatic heterocycles. The van der Waals surface area contributed by atoms with Crippen molar-refractivity contribution in [3.05, 3.63) is 29.8 Å². The van der Waals surface area contributed by atoms with Crippen LogP contribution in [0.3, 0.4) is 0 Å². The Morgan fingerprint density at radius 2 is 1.56 bits per heavy atom. The quantitative estimate of drug-likeness (QED) is 0.384. The van der Waals surface area contributed by atoms with E-state index in [1.54, 1.807) is 7.11 Å². The summed E-state index contributed by atoms with van der Waals surface area (Å²) < 4.78 is 5.23. The third-order valence-electron chi connectivity index (χ3n) is 5.31. The molecule has 0 saturated carbocycles. The van der Waals surface area contributed by atoms with Crippen LogP contribution < -0.4 is 4.74 Å². The van der Waals surface area contributed by atoms with E-state index in [4.69, 9.17) is 9.84 Å². The van der Waals surface area contributed by atoms with Gasteiger partial charge in [0, 0.05) is 12.5 Å². The van der Waals surface area contributed by atoms with E-state index >= 15 is 0 Å². The first-order valence-corrected chi connectivity index (χ1v) is 10.7. The highest BCUT2D eigenvalue weighted by molar-refractivity contribution is 5.66. The lowest BCUT2D eigenvalue weighted by molar-refractivity contribution is -0.137. The molecule has 0 aromatic heterocycles. The fraction of sp³-hybridized carbons (Fsp3) is 0.696. The first-order chi connectivity index (χ1) is 13.1. The molecule has 0 saturated heterocycles. The molecule has 0 fully saturated rings. The van der Waals surface area contributed by atoms with Crippen LogP contribution in [0.2, 0.25) is 0 Å². The topological polar surface area (TPSA) is 49.8 Å². The zero-order valence-electron chi connectivity index (χ0n) is 17.6. The number of rotatable bonds is 16. The molecular weight excluding hydrogens is 338 g/mol. The second kappa shape index (κ2) is 14.5. The van der Waals surface area contributed by atoms with E-state index in [9.17, 15) is 4.79 Å². The first-order valence-electron chi connectivity index (χ1n) is 10.7. The summed E-state index contributed by atoms with van der Waals surface area (Å²) in [5.41, 5.74) is 1.37. The number of hydrogen-bond acceptors (Lipinski definition) is 3. The van der Waals surface area contributed by atoms with Crippen molar-refractivity contribution in [1.29, 1.82) is 0 Å². The van der Waals surface area contributed by atoms with Crippen LogP contribution in [0.5, 0.6) is 5.75 Å². The first kappa shape index (κ1) is 23.5. The number of aliphatic carboxylic acids is 1. The molecule has 0 aliphatic rings. The molecule has 1 aromatic carbocycles. The molecule has 0 amide bonds. The average Bonchev–Trinajstić information content (AvgIpc) is 2.66. The minimum absolute atomic E-state index is 0.321. The van der Waals surface area contributed by atoms with Gasteiger partial charge in [0.25, 0.3) is 0 Å². The number of unbranched alkanes of at least 4 members (excludes halogenated alkanes) is 7.